The number of hydrogen-bond acceptors (Lipinski definition) is 1. The van der Waals surface area contributed by atoms with Gasteiger partial charge in [0.1, 0.15) is 0 Å². The molecule has 19 heavy (non-hydrogen) atoms. The normalized spacial score (nSPS) is 10.8. The van der Waals surface area contributed by atoms with Crippen LogP contribution < -0.4 is 0 Å². The van der Waals surface area contributed by atoms with Crippen LogP contribution in [0.5, 0.6) is 0 Å². The first-order valence-corrected chi connectivity index (χ1v) is 11.4. The second-order valence-electron chi connectivity index (χ2n) is 5.57. The van der Waals surface area contributed by atoms with E-state index in [4.69, 9.17) is 12.2 Å². The molecular formula is C17H34SSe. The SMILES string of the molecule is CCCCCCCCCCCCCCCC(=S)[Se]C. The summed E-state index contributed by atoms with van der Waals surface area (Å²) in [5.41, 5.74) is 0. The topological polar surface area (TPSA) is 0 Å². The van der Waals surface area contributed by atoms with Crippen molar-refractivity contribution >= 4 is 30.9 Å². The van der Waals surface area contributed by atoms with Gasteiger partial charge < -0.3 is 0 Å². The Hall–Kier alpha value is 0.609. The summed E-state index contributed by atoms with van der Waals surface area (Å²) < 4.78 is 1.33. The second-order valence-corrected chi connectivity index (χ2v) is 8.54. The summed E-state index contributed by atoms with van der Waals surface area (Å²) in [7, 11) is 0. The third-order valence-electron chi connectivity index (χ3n) is 3.71. The molecule has 0 spiro atoms. The van der Waals surface area contributed by atoms with Crippen molar-refractivity contribution < 1.29 is 0 Å². The molecule has 0 amide bonds. The summed E-state index contributed by atoms with van der Waals surface area (Å²) in [4.78, 5) is 0. The molecule has 0 rings (SSSR count). The third-order valence-corrected chi connectivity index (χ3v) is 6.17. The van der Waals surface area contributed by atoms with Crippen LogP contribution in [0.3, 0.4) is 0 Å². The Kier molecular flexibility index (Phi) is 17.2. The van der Waals surface area contributed by atoms with Gasteiger partial charge in [0.2, 0.25) is 0 Å². The number of unbranched alkanes of at least 4 members (excludes halogenated alkanes) is 12. The van der Waals surface area contributed by atoms with Gasteiger partial charge in [0, 0.05) is 0 Å². The van der Waals surface area contributed by atoms with Crippen LogP contribution in [0, 0.1) is 0 Å². The van der Waals surface area contributed by atoms with E-state index >= 15 is 0 Å². The van der Waals surface area contributed by atoms with E-state index in [1.165, 1.54) is 93.7 Å². The van der Waals surface area contributed by atoms with Crippen LogP contribution in [0.15, 0.2) is 0 Å². The molecule has 0 aliphatic rings. The minimum absolute atomic E-state index is 0.604. The van der Waals surface area contributed by atoms with E-state index in [1.807, 2.05) is 0 Å². The first-order valence-electron chi connectivity index (χ1n) is 8.38. The fraction of sp³-hybridized carbons (Fsp3) is 0.941. The average molecular weight is 349 g/mol. The van der Waals surface area contributed by atoms with E-state index in [0.717, 1.165) is 0 Å². The molecule has 0 aromatic carbocycles. The summed E-state index contributed by atoms with van der Waals surface area (Å²) >= 11 is 5.87. The zero-order valence-corrected chi connectivity index (χ0v) is 15.7. The van der Waals surface area contributed by atoms with Gasteiger partial charge in [-0.05, 0) is 0 Å². The molecule has 0 aliphatic heterocycles. The number of thiocarbonyl (C=S) groups is 1. The summed E-state index contributed by atoms with van der Waals surface area (Å²) in [6.45, 7) is 2.29. The summed E-state index contributed by atoms with van der Waals surface area (Å²) in [5.74, 6) is 2.23. The van der Waals surface area contributed by atoms with Gasteiger partial charge in [0.05, 0.1) is 0 Å². The van der Waals surface area contributed by atoms with Crippen molar-refractivity contribution in [3.63, 3.8) is 0 Å². The van der Waals surface area contributed by atoms with Gasteiger partial charge in [-0.3, -0.25) is 0 Å². The molecule has 0 unspecified atom stereocenters. The molecule has 0 fully saturated rings. The Morgan fingerprint density at radius 3 is 1.42 bits per heavy atom. The third kappa shape index (κ3) is 16.6. The molecule has 0 aliphatic carbocycles. The second kappa shape index (κ2) is 16.7. The van der Waals surface area contributed by atoms with E-state index in [1.54, 1.807) is 0 Å². The van der Waals surface area contributed by atoms with Crippen molar-refractivity contribution in [3.8, 4) is 0 Å². The van der Waals surface area contributed by atoms with Gasteiger partial charge in [-0.1, -0.05) is 26.2 Å². The summed E-state index contributed by atoms with van der Waals surface area (Å²) in [5, 5.41) is 0. The Morgan fingerprint density at radius 1 is 0.684 bits per heavy atom. The first-order chi connectivity index (χ1) is 9.31. The van der Waals surface area contributed by atoms with E-state index in [2.05, 4.69) is 12.7 Å². The van der Waals surface area contributed by atoms with Crippen LogP contribution in [0.1, 0.15) is 96.8 Å². The molecule has 0 aromatic rings. The summed E-state index contributed by atoms with van der Waals surface area (Å²) in [6, 6.07) is 0. The molecule has 0 aromatic heterocycles. The van der Waals surface area contributed by atoms with Gasteiger partial charge in [-0.15, -0.1) is 0 Å². The van der Waals surface area contributed by atoms with Crippen molar-refractivity contribution in [2.75, 3.05) is 0 Å². The van der Waals surface area contributed by atoms with Crippen LogP contribution in [-0.2, 0) is 0 Å². The van der Waals surface area contributed by atoms with Crippen LogP contribution in [-0.4, -0.2) is 18.7 Å². The monoisotopic (exact) mass is 350 g/mol. The first kappa shape index (κ1) is 19.6. The Bertz CT molecular complexity index is 192. The van der Waals surface area contributed by atoms with Crippen molar-refractivity contribution in [2.45, 2.75) is 103 Å². The van der Waals surface area contributed by atoms with E-state index in [0.29, 0.717) is 15.0 Å². The van der Waals surface area contributed by atoms with Crippen molar-refractivity contribution in [3.05, 3.63) is 0 Å². The van der Waals surface area contributed by atoms with E-state index < -0.39 is 0 Å². The molecular weight excluding hydrogens is 315 g/mol. The van der Waals surface area contributed by atoms with Gasteiger partial charge in [-0.2, -0.15) is 0 Å². The van der Waals surface area contributed by atoms with E-state index in [9.17, 15) is 0 Å². The summed E-state index contributed by atoms with van der Waals surface area (Å²) in [6.07, 6.45) is 19.9. The average Bonchev–Trinajstić information content (AvgIpc) is 2.43. The molecule has 0 nitrogen and oxygen atoms in total. The predicted octanol–water partition coefficient (Wildman–Crippen LogP) is 6.55. The maximum absolute atomic E-state index is 5.27. The van der Waals surface area contributed by atoms with Crippen LogP contribution >= 0.6 is 12.2 Å². The Labute approximate surface area is 133 Å². The van der Waals surface area contributed by atoms with Crippen molar-refractivity contribution in [2.24, 2.45) is 0 Å². The number of rotatable bonds is 15. The Balaban J connectivity index is 2.97. The quantitative estimate of drug-likeness (QED) is 0.184. The molecule has 0 saturated carbocycles. The molecule has 0 radical (unpaired) electrons. The molecule has 2 heteroatoms. The van der Waals surface area contributed by atoms with Gasteiger partial charge in [0.15, 0.2) is 0 Å². The molecule has 0 N–H and O–H groups in total. The number of hydrogen-bond donors (Lipinski definition) is 0. The van der Waals surface area contributed by atoms with Crippen LogP contribution in [0.25, 0.3) is 0 Å². The maximum atomic E-state index is 5.27. The fourth-order valence-electron chi connectivity index (χ4n) is 2.39. The molecule has 0 atom stereocenters. The molecule has 0 bridgehead atoms. The molecule has 0 saturated heterocycles. The van der Waals surface area contributed by atoms with Crippen LogP contribution in [0.4, 0.5) is 0 Å². The van der Waals surface area contributed by atoms with Crippen molar-refractivity contribution in [1.82, 2.24) is 0 Å². The standard InChI is InChI=1S/C17H34SSe/c1-3-4-5-6-7-8-9-10-11-12-13-14-15-16-17(18)19-2/h3-16H2,1-2H3. The predicted molar refractivity (Wildman–Crippen MR) is 94.5 cm³/mol. The zero-order chi connectivity index (χ0) is 14.2. The molecule has 0 heterocycles. The van der Waals surface area contributed by atoms with Gasteiger partial charge in [0.25, 0.3) is 0 Å². The fourth-order valence-corrected chi connectivity index (χ4v) is 3.26. The molecule has 114 valence electrons. The van der Waals surface area contributed by atoms with Gasteiger partial charge in [-0.25, -0.2) is 0 Å². The zero-order valence-electron chi connectivity index (χ0n) is 13.2. The van der Waals surface area contributed by atoms with E-state index in [-0.39, 0.29) is 0 Å². The van der Waals surface area contributed by atoms with Crippen LogP contribution in [0.2, 0.25) is 5.82 Å². The van der Waals surface area contributed by atoms with Gasteiger partial charge >= 0.3 is 107 Å². The Morgan fingerprint density at radius 2 is 1.05 bits per heavy atom. The van der Waals surface area contributed by atoms with Crippen molar-refractivity contribution in [1.29, 1.82) is 0 Å². The minimum atomic E-state index is 0.604.